The highest BCUT2D eigenvalue weighted by molar-refractivity contribution is 6.05. The Balaban J connectivity index is 1.46. The summed E-state index contributed by atoms with van der Waals surface area (Å²) in [7, 11) is 3.30. The number of benzene rings is 2. The smallest absolute Gasteiger partial charge is 0.257 e. The number of carbonyl (C=O) groups is 3. The van der Waals surface area contributed by atoms with E-state index in [1.807, 2.05) is 6.92 Å². The van der Waals surface area contributed by atoms with Crippen molar-refractivity contribution in [2.45, 2.75) is 50.9 Å². The molecule has 2 aromatic rings. The van der Waals surface area contributed by atoms with Gasteiger partial charge in [0.2, 0.25) is 5.91 Å². The third-order valence-electron chi connectivity index (χ3n) is 6.59. The zero-order chi connectivity index (χ0) is 25.7. The lowest BCUT2D eigenvalue weighted by atomic mass is 9.94. The van der Waals surface area contributed by atoms with Crippen LogP contribution in [0, 0.1) is 0 Å². The zero-order valence-electron chi connectivity index (χ0n) is 20.9. The number of anilines is 1. The van der Waals surface area contributed by atoms with E-state index in [9.17, 15) is 14.4 Å². The maximum absolute atomic E-state index is 13.4. The van der Waals surface area contributed by atoms with Crippen LogP contribution < -0.4 is 20.1 Å². The van der Waals surface area contributed by atoms with E-state index < -0.39 is 0 Å². The molecule has 0 aliphatic carbocycles. The molecule has 0 unspecified atom stereocenters. The molecule has 2 N–H and O–H groups in total. The van der Waals surface area contributed by atoms with E-state index >= 15 is 0 Å². The van der Waals surface area contributed by atoms with Gasteiger partial charge in [0.15, 0.2) is 0 Å². The molecule has 0 aromatic heterocycles. The van der Waals surface area contributed by atoms with E-state index in [1.54, 1.807) is 61.5 Å². The molecule has 2 aliphatic rings. The minimum absolute atomic E-state index is 0.0228. The van der Waals surface area contributed by atoms with Gasteiger partial charge in [0.05, 0.1) is 31.2 Å². The minimum Gasteiger partial charge on any atom is -0.497 e. The molecule has 0 bridgehead atoms. The summed E-state index contributed by atoms with van der Waals surface area (Å²) in [5.74, 6) is 0.469. The Hall–Kier alpha value is -3.59. The maximum Gasteiger partial charge on any atom is 0.257 e. The summed E-state index contributed by atoms with van der Waals surface area (Å²) >= 11 is 0. The normalized spacial score (nSPS) is 21.2. The first-order valence-corrected chi connectivity index (χ1v) is 12.3. The number of nitrogens with zero attached hydrogens (tertiary/aromatic N) is 1. The predicted molar refractivity (Wildman–Crippen MR) is 135 cm³/mol. The maximum atomic E-state index is 13.4. The Bertz CT molecular complexity index is 1120. The van der Waals surface area contributed by atoms with Gasteiger partial charge in [-0.3, -0.25) is 14.4 Å². The van der Waals surface area contributed by atoms with Crippen LogP contribution in [0.25, 0.3) is 0 Å². The van der Waals surface area contributed by atoms with Crippen molar-refractivity contribution in [1.82, 2.24) is 10.2 Å². The van der Waals surface area contributed by atoms with Crippen molar-refractivity contribution >= 4 is 23.4 Å². The molecule has 9 heteroatoms. The second kappa shape index (κ2) is 11.4. The van der Waals surface area contributed by atoms with E-state index in [0.29, 0.717) is 54.1 Å². The number of amides is 3. The van der Waals surface area contributed by atoms with Gasteiger partial charge < -0.3 is 29.7 Å². The topological polar surface area (TPSA) is 106 Å². The van der Waals surface area contributed by atoms with Crippen LogP contribution in [-0.2, 0) is 9.53 Å². The molecule has 2 aromatic carbocycles. The lowest BCUT2D eigenvalue weighted by Crippen LogP contribution is -2.54. The first-order chi connectivity index (χ1) is 17.4. The Morgan fingerprint density at radius 3 is 2.78 bits per heavy atom. The summed E-state index contributed by atoms with van der Waals surface area (Å²) in [6, 6.07) is 11.7. The van der Waals surface area contributed by atoms with E-state index in [4.69, 9.17) is 14.2 Å². The Kier molecular flexibility index (Phi) is 8.10. The Labute approximate surface area is 211 Å². The number of hydrogen-bond donors (Lipinski definition) is 2. The fraction of sp³-hybridized carbons (Fsp3) is 0.444. The van der Waals surface area contributed by atoms with Crippen molar-refractivity contribution in [3.05, 3.63) is 53.6 Å². The van der Waals surface area contributed by atoms with Crippen molar-refractivity contribution < 1.29 is 28.6 Å². The summed E-state index contributed by atoms with van der Waals surface area (Å²) in [4.78, 5) is 40.0. The molecule has 9 nitrogen and oxygen atoms in total. The van der Waals surface area contributed by atoms with Crippen molar-refractivity contribution in [2.24, 2.45) is 0 Å². The summed E-state index contributed by atoms with van der Waals surface area (Å²) in [5, 5.41) is 5.73. The zero-order valence-corrected chi connectivity index (χ0v) is 20.9. The molecule has 4 rings (SSSR count). The molecule has 1 fully saturated rings. The van der Waals surface area contributed by atoms with Gasteiger partial charge in [-0.2, -0.15) is 0 Å². The Morgan fingerprint density at radius 2 is 2.00 bits per heavy atom. The third-order valence-corrected chi connectivity index (χ3v) is 6.59. The molecular weight excluding hydrogens is 462 g/mol. The van der Waals surface area contributed by atoms with Gasteiger partial charge in [-0.25, -0.2) is 0 Å². The third kappa shape index (κ3) is 5.79. The van der Waals surface area contributed by atoms with Crippen LogP contribution in [0.15, 0.2) is 42.5 Å². The van der Waals surface area contributed by atoms with Gasteiger partial charge in [-0.05, 0) is 55.7 Å². The molecule has 192 valence electrons. The van der Waals surface area contributed by atoms with Gasteiger partial charge in [0.1, 0.15) is 24.2 Å². The molecule has 1 saturated heterocycles. The molecule has 0 spiro atoms. The SMILES string of the molecule is CCCNC(=O)C[C@@H]1CC[C@@H]2[C@@H](COc3ccc(NC(=O)c4cccc(OC)c4)cc3C(=O)N2C)O1. The van der Waals surface area contributed by atoms with Crippen LogP contribution >= 0.6 is 0 Å². The average molecular weight is 496 g/mol. The highest BCUT2D eigenvalue weighted by Crippen LogP contribution is 2.32. The molecular formula is C27H33N3O6. The second-order valence-corrected chi connectivity index (χ2v) is 9.12. The average Bonchev–Trinajstić information content (AvgIpc) is 2.89. The van der Waals surface area contributed by atoms with Crippen LogP contribution in [-0.4, -0.2) is 68.2 Å². The van der Waals surface area contributed by atoms with E-state index in [-0.39, 0.29) is 42.6 Å². The number of ether oxygens (including phenoxy) is 3. The van der Waals surface area contributed by atoms with Gasteiger partial charge in [0.25, 0.3) is 11.8 Å². The molecule has 36 heavy (non-hydrogen) atoms. The number of rotatable bonds is 7. The lowest BCUT2D eigenvalue weighted by Gasteiger charge is -2.42. The molecule has 2 aliphatic heterocycles. The van der Waals surface area contributed by atoms with E-state index in [0.717, 1.165) is 6.42 Å². The highest BCUT2D eigenvalue weighted by atomic mass is 16.5. The number of methoxy groups -OCH3 is 1. The van der Waals surface area contributed by atoms with Crippen LogP contribution in [0.4, 0.5) is 5.69 Å². The monoisotopic (exact) mass is 495 g/mol. The fourth-order valence-electron chi connectivity index (χ4n) is 4.62. The molecule has 0 saturated carbocycles. The predicted octanol–water partition coefficient (Wildman–Crippen LogP) is 3.24. The summed E-state index contributed by atoms with van der Waals surface area (Å²) in [6.07, 6.45) is 2.04. The van der Waals surface area contributed by atoms with Crippen LogP contribution in [0.3, 0.4) is 0 Å². The highest BCUT2D eigenvalue weighted by Gasteiger charge is 2.39. The molecule has 3 atom stereocenters. The number of fused-ring (bicyclic) bond motifs is 2. The quantitative estimate of drug-likeness (QED) is 0.611. The lowest BCUT2D eigenvalue weighted by molar-refractivity contribution is -0.134. The van der Waals surface area contributed by atoms with Gasteiger partial charge in [-0.15, -0.1) is 0 Å². The first-order valence-electron chi connectivity index (χ1n) is 12.3. The second-order valence-electron chi connectivity index (χ2n) is 9.12. The minimum atomic E-state index is -0.336. The van der Waals surface area contributed by atoms with Crippen LogP contribution in [0.2, 0.25) is 0 Å². The van der Waals surface area contributed by atoms with Gasteiger partial charge >= 0.3 is 0 Å². The molecule has 0 radical (unpaired) electrons. The van der Waals surface area contributed by atoms with Crippen molar-refractivity contribution in [2.75, 3.05) is 32.6 Å². The van der Waals surface area contributed by atoms with E-state index in [2.05, 4.69) is 10.6 Å². The van der Waals surface area contributed by atoms with Gasteiger partial charge in [-0.1, -0.05) is 13.0 Å². The van der Waals surface area contributed by atoms with Crippen molar-refractivity contribution in [3.63, 3.8) is 0 Å². The number of hydrogen-bond acceptors (Lipinski definition) is 6. The largest absolute Gasteiger partial charge is 0.497 e. The van der Waals surface area contributed by atoms with Gasteiger partial charge in [0, 0.05) is 24.8 Å². The van der Waals surface area contributed by atoms with Crippen LogP contribution in [0.5, 0.6) is 11.5 Å². The first kappa shape index (κ1) is 25.5. The Morgan fingerprint density at radius 1 is 1.17 bits per heavy atom. The van der Waals surface area contributed by atoms with Crippen LogP contribution in [0.1, 0.15) is 53.3 Å². The fourth-order valence-corrected chi connectivity index (χ4v) is 4.62. The standard InChI is InChI=1S/C27H33N3O6/c1-4-12-28-25(31)15-20-9-10-22-24(36-20)16-35-23-11-8-18(14-21(23)27(33)30(22)2)29-26(32)17-6-5-7-19(13-17)34-3/h5-8,11,13-14,20,22,24H,4,9-10,12,15-16H2,1-3H3,(H,28,31)(H,29,32)/t20-,22+,24+/m0/s1. The number of likely N-dealkylation sites (N-methyl/N-ethyl adjacent to an activating group) is 1. The summed E-state index contributed by atoms with van der Waals surface area (Å²) < 4.78 is 17.4. The summed E-state index contributed by atoms with van der Waals surface area (Å²) in [5.41, 5.74) is 1.31. The summed E-state index contributed by atoms with van der Waals surface area (Å²) in [6.45, 7) is 2.92. The molecule has 3 amide bonds. The van der Waals surface area contributed by atoms with E-state index in [1.165, 1.54) is 0 Å². The van der Waals surface area contributed by atoms with Crippen molar-refractivity contribution in [1.29, 1.82) is 0 Å². The molecule has 2 heterocycles. The number of nitrogens with one attached hydrogen (secondary N) is 2. The van der Waals surface area contributed by atoms with Crippen molar-refractivity contribution in [3.8, 4) is 11.5 Å². The number of carbonyl (C=O) groups excluding carboxylic acids is 3.